The van der Waals surface area contributed by atoms with Crippen LogP contribution in [0.1, 0.15) is 100 Å². The van der Waals surface area contributed by atoms with Gasteiger partial charge in [-0.3, -0.25) is 0 Å². The molecule has 1 saturated heterocycles. The summed E-state index contributed by atoms with van der Waals surface area (Å²) in [6.07, 6.45) is 16.3. The largest absolute Gasteiger partial charge is 0.392 e. The van der Waals surface area contributed by atoms with Crippen molar-refractivity contribution in [2.75, 3.05) is 6.61 Å². The van der Waals surface area contributed by atoms with Gasteiger partial charge in [-0.2, -0.15) is 0 Å². The Morgan fingerprint density at radius 2 is 1.81 bits per heavy atom. The Balaban J connectivity index is 1.53. The van der Waals surface area contributed by atoms with Gasteiger partial charge in [-0.1, -0.05) is 58.9 Å². The van der Waals surface area contributed by atoms with Gasteiger partial charge in [0.05, 0.1) is 11.7 Å². The zero-order valence-electron chi connectivity index (χ0n) is 24.1. The van der Waals surface area contributed by atoms with E-state index in [9.17, 15) is 10.2 Å². The average molecular weight is 501 g/mol. The molecule has 0 amide bonds. The van der Waals surface area contributed by atoms with Crippen molar-refractivity contribution in [3.8, 4) is 0 Å². The second kappa shape index (κ2) is 8.41. The van der Waals surface area contributed by atoms with E-state index >= 15 is 0 Å². The summed E-state index contributed by atoms with van der Waals surface area (Å²) in [6.45, 7) is 18.5. The third kappa shape index (κ3) is 3.32. The smallest absolute Gasteiger partial charge is 0.165 e. The number of rotatable bonds is 6. The van der Waals surface area contributed by atoms with Gasteiger partial charge >= 0.3 is 0 Å². The van der Waals surface area contributed by atoms with Crippen LogP contribution in [0.2, 0.25) is 0 Å². The standard InChI is InChI=1S/C32H52O4/c1-9-35-26-31-20-19-29(7)22(21(2)11-10-16-27(3,4)34)14-17-30(29,8)23(31)15-18-32(36-26)24(31)12-13-25(33)28(32,5)6/h10,15-16,18,21-26,33-34H,9,11-14,17,19-20H2,1-8H3/b16-10+/t21-,22?,23?,24?,25+,26?,29-,30+,31+,32-/m0/s1. The highest BCUT2D eigenvalue weighted by atomic mass is 16.7. The minimum absolute atomic E-state index is 0.0185. The Morgan fingerprint density at radius 3 is 2.47 bits per heavy atom. The molecule has 4 unspecified atom stereocenters. The lowest BCUT2D eigenvalue weighted by Gasteiger charge is -2.65. The monoisotopic (exact) mass is 500 g/mol. The lowest BCUT2D eigenvalue weighted by Crippen LogP contribution is -2.65. The quantitative estimate of drug-likeness (QED) is 0.401. The van der Waals surface area contributed by atoms with E-state index in [-0.39, 0.29) is 34.1 Å². The molecule has 5 rings (SSSR count). The summed E-state index contributed by atoms with van der Waals surface area (Å²) in [5, 5.41) is 21.2. The van der Waals surface area contributed by atoms with E-state index in [4.69, 9.17) is 9.47 Å². The van der Waals surface area contributed by atoms with Gasteiger partial charge in [0.25, 0.3) is 0 Å². The summed E-state index contributed by atoms with van der Waals surface area (Å²) in [5.74, 6) is 2.07. The molecule has 204 valence electrons. The molecule has 0 radical (unpaired) electrons. The fraction of sp³-hybridized carbons (Fsp3) is 0.875. The molecular formula is C32H52O4. The van der Waals surface area contributed by atoms with Crippen LogP contribution in [0.3, 0.4) is 0 Å². The predicted octanol–water partition coefficient (Wildman–Crippen LogP) is 6.66. The maximum atomic E-state index is 11.1. The molecule has 0 aromatic carbocycles. The van der Waals surface area contributed by atoms with Gasteiger partial charge in [-0.15, -0.1) is 0 Å². The molecule has 4 nitrogen and oxygen atoms in total. The normalized spacial score (nSPS) is 50.1. The van der Waals surface area contributed by atoms with E-state index in [1.54, 1.807) is 0 Å². The third-order valence-electron chi connectivity index (χ3n) is 12.5. The highest BCUT2D eigenvalue weighted by Crippen LogP contribution is 2.78. The van der Waals surface area contributed by atoms with Crippen LogP contribution in [0.25, 0.3) is 0 Å². The fourth-order valence-corrected chi connectivity index (χ4v) is 10.3. The average Bonchev–Trinajstić information content (AvgIpc) is 3.15. The van der Waals surface area contributed by atoms with Crippen molar-refractivity contribution in [1.29, 1.82) is 0 Å². The molecule has 36 heavy (non-hydrogen) atoms. The Hall–Kier alpha value is -0.680. The Bertz CT molecular complexity index is 916. The van der Waals surface area contributed by atoms with Crippen molar-refractivity contribution in [2.24, 2.45) is 45.3 Å². The molecule has 4 aliphatic carbocycles. The van der Waals surface area contributed by atoms with Crippen molar-refractivity contribution >= 4 is 0 Å². The summed E-state index contributed by atoms with van der Waals surface area (Å²) < 4.78 is 13.5. The van der Waals surface area contributed by atoms with Gasteiger partial charge in [0.1, 0.15) is 5.60 Å². The van der Waals surface area contributed by atoms with Crippen LogP contribution in [0.15, 0.2) is 24.3 Å². The zero-order chi connectivity index (χ0) is 26.4. The van der Waals surface area contributed by atoms with Crippen LogP contribution >= 0.6 is 0 Å². The highest BCUT2D eigenvalue weighted by Gasteiger charge is 2.78. The van der Waals surface area contributed by atoms with Crippen LogP contribution in [0, 0.1) is 45.3 Å². The Morgan fingerprint density at radius 1 is 1.08 bits per heavy atom. The van der Waals surface area contributed by atoms with Gasteiger partial charge in [0, 0.05) is 23.4 Å². The molecule has 0 aromatic rings. The zero-order valence-corrected chi connectivity index (χ0v) is 24.1. The SMILES string of the molecule is CCOC1O[C@@]23C=CC4[C@]1(CC[C@@]1(C)C([C@@H](C)C/C=C/C(C)(C)O)CC[C@]41C)C2CC[C@@H](O)C3(C)C. The maximum Gasteiger partial charge on any atom is 0.165 e. The van der Waals surface area contributed by atoms with Crippen molar-refractivity contribution in [3.63, 3.8) is 0 Å². The molecule has 3 saturated carbocycles. The lowest BCUT2D eigenvalue weighted by molar-refractivity contribution is -0.233. The van der Waals surface area contributed by atoms with Gasteiger partial charge < -0.3 is 19.7 Å². The summed E-state index contributed by atoms with van der Waals surface area (Å²) in [6, 6.07) is 0. The first-order chi connectivity index (χ1) is 16.7. The molecule has 4 fully saturated rings. The molecule has 1 spiro atoms. The number of aliphatic hydroxyl groups is 2. The number of aliphatic hydroxyl groups excluding tert-OH is 1. The molecule has 1 heterocycles. The number of hydrogen-bond acceptors (Lipinski definition) is 4. The molecule has 1 aliphatic heterocycles. The topological polar surface area (TPSA) is 58.9 Å². The van der Waals surface area contributed by atoms with Crippen molar-refractivity contribution in [3.05, 3.63) is 24.3 Å². The minimum Gasteiger partial charge on any atom is -0.392 e. The number of hydrogen-bond donors (Lipinski definition) is 2. The van der Waals surface area contributed by atoms with Crippen LogP contribution in [0.5, 0.6) is 0 Å². The van der Waals surface area contributed by atoms with E-state index in [0.29, 0.717) is 30.3 Å². The van der Waals surface area contributed by atoms with Crippen molar-refractivity contribution < 1.29 is 19.7 Å². The molecule has 4 heteroatoms. The van der Waals surface area contributed by atoms with Gasteiger partial charge in [0.2, 0.25) is 0 Å². The summed E-state index contributed by atoms with van der Waals surface area (Å²) >= 11 is 0. The van der Waals surface area contributed by atoms with Gasteiger partial charge in [-0.25, -0.2) is 0 Å². The van der Waals surface area contributed by atoms with Crippen LogP contribution < -0.4 is 0 Å². The summed E-state index contributed by atoms with van der Waals surface area (Å²) in [4.78, 5) is 0. The molecule has 5 aliphatic rings. The van der Waals surface area contributed by atoms with E-state index in [1.165, 1.54) is 19.3 Å². The minimum atomic E-state index is -0.747. The Labute approximate surface area is 219 Å². The summed E-state index contributed by atoms with van der Waals surface area (Å²) in [5.41, 5.74) is -1.10. The first-order valence-corrected chi connectivity index (χ1v) is 14.8. The van der Waals surface area contributed by atoms with E-state index in [2.05, 4.69) is 59.8 Å². The molecule has 2 bridgehead atoms. The van der Waals surface area contributed by atoms with Crippen LogP contribution in [-0.4, -0.2) is 40.4 Å². The van der Waals surface area contributed by atoms with Crippen molar-refractivity contribution in [1.82, 2.24) is 0 Å². The second-order valence-corrected chi connectivity index (χ2v) is 14.8. The molecular weight excluding hydrogens is 448 g/mol. The van der Waals surface area contributed by atoms with Gasteiger partial charge in [0.15, 0.2) is 6.29 Å². The first-order valence-electron chi connectivity index (χ1n) is 14.8. The number of ether oxygens (including phenoxy) is 2. The third-order valence-corrected chi connectivity index (χ3v) is 12.5. The van der Waals surface area contributed by atoms with Crippen LogP contribution in [0.4, 0.5) is 0 Å². The van der Waals surface area contributed by atoms with E-state index in [0.717, 1.165) is 25.7 Å². The van der Waals surface area contributed by atoms with E-state index in [1.807, 2.05) is 19.9 Å². The second-order valence-electron chi connectivity index (χ2n) is 14.8. The highest BCUT2D eigenvalue weighted by molar-refractivity contribution is 5.34. The first kappa shape index (κ1) is 26.9. The fourth-order valence-electron chi connectivity index (χ4n) is 10.3. The van der Waals surface area contributed by atoms with Crippen molar-refractivity contribution in [2.45, 2.75) is 124 Å². The Kier molecular flexibility index (Phi) is 6.28. The summed E-state index contributed by atoms with van der Waals surface area (Å²) in [7, 11) is 0. The molecule has 0 aromatic heterocycles. The number of allylic oxidation sites excluding steroid dienone is 2. The van der Waals surface area contributed by atoms with Gasteiger partial charge in [-0.05, 0) is 94.3 Å². The van der Waals surface area contributed by atoms with Crippen LogP contribution in [-0.2, 0) is 9.47 Å². The molecule has 2 N–H and O–H groups in total. The predicted molar refractivity (Wildman–Crippen MR) is 144 cm³/mol. The maximum absolute atomic E-state index is 11.1. The van der Waals surface area contributed by atoms with E-state index < -0.39 is 11.2 Å². The lowest BCUT2D eigenvalue weighted by atomic mass is 9.38. The molecule has 10 atom stereocenters. The number of fused-ring (bicyclic) bond motifs is 2.